The van der Waals surface area contributed by atoms with Crippen LogP contribution < -0.4 is 0 Å². The van der Waals surface area contributed by atoms with Crippen LogP contribution in [0.15, 0.2) is 0 Å². The molecule has 1 heteroatoms. The van der Waals surface area contributed by atoms with E-state index in [1.807, 2.05) is 0 Å². The Labute approximate surface area is 149 Å². The number of hydrogen-bond donors (Lipinski definition) is 0. The molecule has 0 spiro atoms. The van der Waals surface area contributed by atoms with Gasteiger partial charge in [0.15, 0.2) is 0 Å². The van der Waals surface area contributed by atoms with Crippen LogP contribution in [0.5, 0.6) is 0 Å². The quantitative estimate of drug-likeness (QED) is 0.545. The van der Waals surface area contributed by atoms with Crippen LogP contribution in [0.2, 0.25) is 0 Å². The molecule has 24 heavy (non-hydrogen) atoms. The van der Waals surface area contributed by atoms with E-state index in [4.69, 9.17) is 4.74 Å². The smallest absolute Gasteiger partial charge is 0.0973 e. The molecule has 1 aromatic rings. The molecule has 0 radical (unpaired) electrons. The summed E-state index contributed by atoms with van der Waals surface area (Å²) in [5.74, 6) is 0. The van der Waals surface area contributed by atoms with Crippen LogP contribution in [0.25, 0.3) is 0 Å². The van der Waals surface area contributed by atoms with Crippen molar-refractivity contribution in [3.8, 4) is 0 Å². The van der Waals surface area contributed by atoms with E-state index >= 15 is 0 Å². The van der Waals surface area contributed by atoms with Gasteiger partial charge in [-0.05, 0) is 87.3 Å². The summed E-state index contributed by atoms with van der Waals surface area (Å²) in [7, 11) is 0. The average Bonchev–Trinajstić information content (AvgIpc) is 2.52. The molecule has 0 amide bonds. The van der Waals surface area contributed by atoms with Crippen LogP contribution in [0.3, 0.4) is 0 Å². The van der Waals surface area contributed by atoms with Crippen molar-refractivity contribution in [2.75, 3.05) is 0 Å². The van der Waals surface area contributed by atoms with Crippen molar-refractivity contribution in [3.05, 3.63) is 33.4 Å². The van der Waals surface area contributed by atoms with E-state index in [9.17, 15) is 0 Å². The van der Waals surface area contributed by atoms with Crippen molar-refractivity contribution < 1.29 is 4.74 Å². The van der Waals surface area contributed by atoms with E-state index in [1.165, 1.54) is 33.4 Å². The Morgan fingerprint density at radius 1 is 0.583 bits per heavy atom. The number of rotatable bonds is 0. The first kappa shape index (κ1) is 18.0. The Balaban J connectivity index is 2.61. The molecule has 134 valence electrons. The van der Waals surface area contributed by atoms with Crippen molar-refractivity contribution in [1.29, 1.82) is 0 Å². The molecule has 1 aliphatic heterocycles. The van der Waals surface area contributed by atoms with Crippen molar-refractivity contribution in [2.24, 2.45) is 10.8 Å². The molecular formula is C23H36O. The van der Waals surface area contributed by atoms with Gasteiger partial charge in [-0.3, -0.25) is 0 Å². The lowest BCUT2D eigenvalue weighted by Gasteiger charge is -2.61. The van der Waals surface area contributed by atoms with E-state index in [1.54, 1.807) is 0 Å². The van der Waals surface area contributed by atoms with Gasteiger partial charge in [-0.1, -0.05) is 34.6 Å². The van der Waals surface area contributed by atoms with Crippen LogP contribution >= 0.6 is 0 Å². The maximum absolute atomic E-state index is 6.97. The lowest BCUT2D eigenvalue weighted by molar-refractivity contribution is -0.109. The molecule has 0 N–H and O–H groups in total. The van der Waals surface area contributed by atoms with E-state index in [0.717, 1.165) is 0 Å². The molecule has 3 rings (SSSR count). The molecule has 2 bridgehead atoms. The predicted octanol–water partition coefficient (Wildman–Crippen LogP) is 6.27. The van der Waals surface area contributed by atoms with Gasteiger partial charge in [-0.2, -0.15) is 0 Å². The predicted molar refractivity (Wildman–Crippen MR) is 103 cm³/mol. The van der Waals surface area contributed by atoms with Crippen molar-refractivity contribution in [2.45, 2.75) is 99.7 Å². The molecule has 1 aliphatic carbocycles. The Hall–Kier alpha value is -0.820. The molecule has 1 nitrogen and oxygen atoms in total. The third-order valence-electron chi connectivity index (χ3n) is 9.15. The van der Waals surface area contributed by atoms with Crippen LogP contribution in [-0.2, 0) is 15.8 Å². The van der Waals surface area contributed by atoms with Crippen molar-refractivity contribution in [1.82, 2.24) is 0 Å². The standard InChI is InChI=1S/C23H36O/c1-13-14(2)16(4)18-17(15(13)3)19(5,6)23(12)20(7,8)22(18,11)24-21(23,9)10/h1-12H3/t22-,23+/m0/s1. The van der Waals surface area contributed by atoms with Gasteiger partial charge in [-0.15, -0.1) is 0 Å². The third-order valence-corrected chi connectivity index (χ3v) is 9.15. The Morgan fingerprint density at radius 3 is 1.46 bits per heavy atom. The minimum Gasteiger partial charge on any atom is -0.363 e. The fourth-order valence-electron chi connectivity index (χ4n) is 6.81. The van der Waals surface area contributed by atoms with Gasteiger partial charge in [-0.25, -0.2) is 0 Å². The summed E-state index contributed by atoms with van der Waals surface area (Å²) in [6.45, 7) is 28.3. The largest absolute Gasteiger partial charge is 0.363 e. The van der Waals surface area contributed by atoms with Gasteiger partial charge in [0.2, 0.25) is 0 Å². The highest BCUT2D eigenvalue weighted by Crippen LogP contribution is 2.76. The zero-order valence-corrected chi connectivity index (χ0v) is 17.9. The molecule has 1 heterocycles. The molecule has 0 aromatic heterocycles. The minimum atomic E-state index is -0.261. The second-order valence-electron chi connectivity index (χ2n) is 10.3. The average molecular weight is 329 g/mol. The van der Waals surface area contributed by atoms with Gasteiger partial charge in [0.05, 0.1) is 11.2 Å². The summed E-state index contributed by atoms with van der Waals surface area (Å²) in [5, 5.41) is 0. The number of hydrogen-bond acceptors (Lipinski definition) is 1. The van der Waals surface area contributed by atoms with E-state index in [-0.39, 0.29) is 27.4 Å². The molecular weight excluding hydrogens is 292 g/mol. The summed E-state index contributed by atoms with van der Waals surface area (Å²) >= 11 is 0. The zero-order chi connectivity index (χ0) is 18.7. The van der Waals surface area contributed by atoms with Gasteiger partial charge >= 0.3 is 0 Å². The van der Waals surface area contributed by atoms with Gasteiger partial charge < -0.3 is 4.74 Å². The molecule has 0 unspecified atom stereocenters. The topological polar surface area (TPSA) is 9.23 Å². The fourth-order valence-corrected chi connectivity index (χ4v) is 6.81. The van der Waals surface area contributed by atoms with Crippen LogP contribution in [-0.4, -0.2) is 5.60 Å². The SMILES string of the molecule is Cc1c(C)c(C)c2c(c1C)C(C)(C)[C@@]1(C)C(C)(C)O[C@]2(C)C1(C)C. The zero-order valence-electron chi connectivity index (χ0n) is 17.9. The van der Waals surface area contributed by atoms with E-state index < -0.39 is 0 Å². The second kappa shape index (κ2) is 4.29. The maximum Gasteiger partial charge on any atom is 0.0973 e. The van der Waals surface area contributed by atoms with Crippen molar-refractivity contribution >= 4 is 0 Å². The molecule has 1 fully saturated rings. The van der Waals surface area contributed by atoms with Gasteiger partial charge in [0.25, 0.3) is 0 Å². The summed E-state index contributed by atoms with van der Waals surface area (Å²) in [6.07, 6.45) is 0. The highest BCUT2D eigenvalue weighted by Gasteiger charge is 2.76. The molecule has 0 saturated carbocycles. The normalized spacial score (nSPS) is 35.0. The summed E-state index contributed by atoms with van der Waals surface area (Å²) in [5.41, 5.74) is 8.44. The maximum atomic E-state index is 6.97. The Bertz CT molecular complexity index is 750. The van der Waals surface area contributed by atoms with Crippen molar-refractivity contribution in [3.63, 3.8) is 0 Å². The van der Waals surface area contributed by atoms with Crippen LogP contribution in [0.1, 0.15) is 88.8 Å². The number of ether oxygens (including phenoxy) is 1. The fraction of sp³-hybridized carbons (Fsp3) is 0.739. The third kappa shape index (κ3) is 1.45. The van der Waals surface area contributed by atoms with Gasteiger partial charge in [0, 0.05) is 10.8 Å². The Kier molecular flexibility index (Phi) is 3.21. The molecule has 1 aromatic carbocycles. The van der Waals surface area contributed by atoms with Crippen LogP contribution in [0, 0.1) is 38.5 Å². The van der Waals surface area contributed by atoms with E-state index in [2.05, 4.69) is 83.1 Å². The Morgan fingerprint density at radius 2 is 1.00 bits per heavy atom. The lowest BCUT2D eigenvalue weighted by Crippen LogP contribution is -2.61. The second-order valence-corrected chi connectivity index (χ2v) is 10.3. The molecule has 1 saturated heterocycles. The monoisotopic (exact) mass is 328 g/mol. The number of benzene rings is 1. The first-order chi connectivity index (χ1) is 10.6. The first-order valence-electron chi connectivity index (χ1n) is 9.41. The molecule has 2 atom stereocenters. The summed E-state index contributed by atoms with van der Waals surface area (Å²) in [6, 6.07) is 0. The minimum absolute atomic E-state index is 0.0354. The first-order valence-corrected chi connectivity index (χ1v) is 9.41. The lowest BCUT2D eigenvalue weighted by atomic mass is 9.40. The number of fused-ring (bicyclic) bond motifs is 4. The van der Waals surface area contributed by atoms with Crippen LogP contribution in [0.4, 0.5) is 0 Å². The molecule has 2 aliphatic rings. The van der Waals surface area contributed by atoms with E-state index in [0.29, 0.717) is 0 Å². The highest BCUT2D eigenvalue weighted by molar-refractivity contribution is 5.60. The van der Waals surface area contributed by atoms with Gasteiger partial charge in [0.1, 0.15) is 0 Å². The highest BCUT2D eigenvalue weighted by atomic mass is 16.5. The summed E-state index contributed by atoms with van der Waals surface area (Å²) in [4.78, 5) is 0. The summed E-state index contributed by atoms with van der Waals surface area (Å²) < 4.78 is 6.97.